The number of hydrogen-bond acceptors (Lipinski definition) is 5. The minimum atomic E-state index is 0.436. The summed E-state index contributed by atoms with van der Waals surface area (Å²) in [6.45, 7) is 2.07. The molecule has 1 N–H and O–H groups in total. The van der Waals surface area contributed by atoms with Gasteiger partial charge in [-0.15, -0.1) is 0 Å². The molecular weight excluding hydrogens is 198 g/mol. The predicted octanol–water partition coefficient (Wildman–Crippen LogP) is 1.69. The summed E-state index contributed by atoms with van der Waals surface area (Å²) in [6, 6.07) is 0.526. The van der Waals surface area contributed by atoms with E-state index in [9.17, 15) is 0 Å². The van der Waals surface area contributed by atoms with Gasteiger partial charge in [-0.1, -0.05) is 6.92 Å². The van der Waals surface area contributed by atoms with E-state index in [-0.39, 0.29) is 0 Å². The fraction of sp³-hybridized carbons (Fsp3) is 0.778. The molecule has 2 rings (SSSR count). The molecule has 0 unspecified atom stereocenters. The van der Waals surface area contributed by atoms with Crippen molar-refractivity contribution in [2.75, 3.05) is 12.4 Å². The Kier molecular flexibility index (Phi) is 2.98. The summed E-state index contributed by atoms with van der Waals surface area (Å²) in [6.07, 6.45) is 3.50. The Bertz CT molecular complexity index is 296. The Morgan fingerprint density at radius 3 is 2.93 bits per heavy atom. The van der Waals surface area contributed by atoms with E-state index in [2.05, 4.69) is 21.6 Å². The van der Waals surface area contributed by atoms with Gasteiger partial charge in [0.05, 0.1) is 6.10 Å². The van der Waals surface area contributed by atoms with E-state index in [0.717, 1.165) is 30.2 Å². The number of aryl methyl sites for hydroxylation is 1. The van der Waals surface area contributed by atoms with Gasteiger partial charge in [-0.2, -0.15) is 4.37 Å². The summed E-state index contributed by atoms with van der Waals surface area (Å²) >= 11 is 1.45. The van der Waals surface area contributed by atoms with Crippen LogP contribution in [-0.4, -0.2) is 28.6 Å². The summed E-state index contributed by atoms with van der Waals surface area (Å²) in [4.78, 5) is 4.36. The highest BCUT2D eigenvalue weighted by molar-refractivity contribution is 7.09. The second-order valence-electron chi connectivity index (χ2n) is 3.54. The van der Waals surface area contributed by atoms with E-state index in [1.165, 1.54) is 11.5 Å². The molecule has 1 fully saturated rings. The van der Waals surface area contributed by atoms with Crippen molar-refractivity contribution in [2.45, 2.75) is 38.3 Å². The Morgan fingerprint density at radius 2 is 2.36 bits per heavy atom. The molecule has 0 saturated heterocycles. The van der Waals surface area contributed by atoms with Gasteiger partial charge in [-0.25, -0.2) is 4.98 Å². The first-order valence-electron chi connectivity index (χ1n) is 4.93. The molecule has 0 bridgehead atoms. The standard InChI is InChI=1S/C9H15N3OS/c1-3-8-11-9(14-12-8)10-6-4-7(5-6)13-2/h6-7H,3-5H2,1-2H3,(H,10,11,12). The summed E-state index contributed by atoms with van der Waals surface area (Å²) in [5, 5.41) is 4.31. The Morgan fingerprint density at radius 1 is 1.57 bits per heavy atom. The molecule has 4 nitrogen and oxygen atoms in total. The largest absolute Gasteiger partial charge is 0.381 e. The molecule has 1 aromatic heterocycles. The van der Waals surface area contributed by atoms with Crippen LogP contribution in [0.25, 0.3) is 0 Å². The van der Waals surface area contributed by atoms with Crippen molar-refractivity contribution >= 4 is 16.7 Å². The van der Waals surface area contributed by atoms with Gasteiger partial charge >= 0.3 is 0 Å². The highest BCUT2D eigenvalue weighted by atomic mass is 32.1. The van der Waals surface area contributed by atoms with Crippen LogP contribution >= 0.6 is 11.5 Å². The molecule has 0 aromatic carbocycles. The molecule has 1 aliphatic carbocycles. The van der Waals surface area contributed by atoms with Crippen molar-refractivity contribution < 1.29 is 4.74 Å². The third kappa shape index (κ3) is 2.04. The first kappa shape index (κ1) is 9.86. The molecule has 0 amide bonds. The third-order valence-electron chi connectivity index (χ3n) is 2.54. The molecule has 5 heteroatoms. The number of rotatable bonds is 4. The van der Waals surface area contributed by atoms with Gasteiger partial charge < -0.3 is 10.1 Å². The fourth-order valence-corrected chi connectivity index (χ4v) is 2.23. The zero-order chi connectivity index (χ0) is 9.97. The van der Waals surface area contributed by atoms with E-state index in [4.69, 9.17) is 4.74 Å². The van der Waals surface area contributed by atoms with E-state index in [0.29, 0.717) is 12.1 Å². The number of anilines is 1. The lowest BCUT2D eigenvalue weighted by molar-refractivity contribution is 0.0328. The van der Waals surface area contributed by atoms with Gasteiger partial charge in [-0.05, 0) is 12.8 Å². The third-order valence-corrected chi connectivity index (χ3v) is 3.22. The molecule has 1 heterocycles. The van der Waals surface area contributed by atoms with Crippen molar-refractivity contribution in [3.05, 3.63) is 5.82 Å². The first-order chi connectivity index (χ1) is 6.81. The summed E-state index contributed by atoms with van der Waals surface area (Å²) < 4.78 is 9.43. The normalized spacial score (nSPS) is 25.9. The van der Waals surface area contributed by atoms with Crippen LogP contribution < -0.4 is 5.32 Å². The van der Waals surface area contributed by atoms with Crippen molar-refractivity contribution in [2.24, 2.45) is 0 Å². The smallest absolute Gasteiger partial charge is 0.202 e. The predicted molar refractivity (Wildman–Crippen MR) is 56.7 cm³/mol. The van der Waals surface area contributed by atoms with Gasteiger partial charge in [0.2, 0.25) is 5.13 Å². The van der Waals surface area contributed by atoms with Crippen LogP contribution in [0.1, 0.15) is 25.6 Å². The average Bonchev–Trinajstić information content (AvgIpc) is 2.58. The van der Waals surface area contributed by atoms with Gasteiger partial charge in [0.1, 0.15) is 5.82 Å². The van der Waals surface area contributed by atoms with Crippen LogP contribution in [0.3, 0.4) is 0 Å². The summed E-state index contributed by atoms with van der Waals surface area (Å²) in [5.41, 5.74) is 0. The van der Waals surface area contributed by atoms with Crippen molar-refractivity contribution in [1.29, 1.82) is 0 Å². The van der Waals surface area contributed by atoms with E-state index in [1.807, 2.05) is 0 Å². The highest BCUT2D eigenvalue weighted by Gasteiger charge is 2.29. The molecular formula is C9H15N3OS. The second kappa shape index (κ2) is 4.23. The topological polar surface area (TPSA) is 47.0 Å². The monoisotopic (exact) mass is 213 g/mol. The minimum Gasteiger partial charge on any atom is -0.381 e. The van der Waals surface area contributed by atoms with Gasteiger partial charge in [-0.3, -0.25) is 0 Å². The Labute approximate surface area is 87.9 Å². The maximum Gasteiger partial charge on any atom is 0.202 e. The molecule has 1 aromatic rings. The number of nitrogens with zero attached hydrogens (tertiary/aromatic N) is 2. The fourth-order valence-electron chi connectivity index (χ4n) is 1.51. The number of ether oxygens (including phenoxy) is 1. The van der Waals surface area contributed by atoms with Gasteiger partial charge in [0, 0.05) is 31.1 Å². The maximum absolute atomic E-state index is 5.21. The SMILES string of the molecule is CCc1nsc(NC2CC(OC)C2)n1. The van der Waals surface area contributed by atoms with E-state index < -0.39 is 0 Å². The first-order valence-corrected chi connectivity index (χ1v) is 5.71. The van der Waals surface area contributed by atoms with Crippen LogP contribution in [-0.2, 0) is 11.2 Å². The Balaban J connectivity index is 1.81. The molecule has 0 atom stereocenters. The van der Waals surface area contributed by atoms with Crippen LogP contribution in [0.15, 0.2) is 0 Å². The Hall–Kier alpha value is -0.680. The maximum atomic E-state index is 5.21. The number of methoxy groups -OCH3 is 1. The lowest BCUT2D eigenvalue weighted by atomic mass is 9.89. The zero-order valence-corrected chi connectivity index (χ0v) is 9.30. The molecule has 0 aliphatic heterocycles. The van der Waals surface area contributed by atoms with E-state index in [1.54, 1.807) is 7.11 Å². The molecule has 78 valence electrons. The van der Waals surface area contributed by atoms with Crippen molar-refractivity contribution in [1.82, 2.24) is 9.36 Å². The van der Waals surface area contributed by atoms with Gasteiger partial charge in [0.15, 0.2) is 0 Å². The van der Waals surface area contributed by atoms with Gasteiger partial charge in [0.25, 0.3) is 0 Å². The molecule has 14 heavy (non-hydrogen) atoms. The second-order valence-corrected chi connectivity index (χ2v) is 4.29. The summed E-state index contributed by atoms with van der Waals surface area (Å²) in [5.74, 6) is 0.931. The molecule has 1 saturated carbocycles. The van der Waals surface area contributed by atoms with Crippen LogP contribution in [0, 0.1) is 0 Å². The molecule has 0 spiro atoms. The number of nitrogens with one attached hydrogen (secondary N) is 1. The quantitative estimate of drug-likeness (QED) is 0.826. The lowest BCUT2D eigenvalue weighted by Crippen LogP contribution is -2.40. The number of hydrogen-bond donors (Lipinski definition) is 1. The van der Waals surface area contributed by atoms with Crippen LogP contribution in [0.2, 0.25) is 0 Å². The van der Waals surface area contributed by atoms with Crippen molar-refractivity contribution in [3.8, 4) is 0 Å². The van der Waals surface area contributed by atoms with E-state index >= 15 is 0 Å². The van der Waals surface area contributed by atoms with Crippen LogP contribution in [0.4, 0.5) is 5.13 Å². The van der Waals surface area contributed by atoms with Crippen molar-refractivity contribution in [3.63, 3.8) is 0 Å². The van der Waals surface area contributed by atoms with Crippen LogP contribution in [0.5, 0.6) is 0 Å². The highest BCUT2D eigenvalue weighted by Crippen LogP contribution is 2.26. The molecule has 0 radical (unpaired) electrons. The average molecular weight is 213 g/mol. The zero-order valence-electron chi connectivity index (χ0n) is 8.49. The summed E-state index contributed by atoms with van der Waals surface area (Å²) in [7, 11) is 1.76. The number of aromatic nitrogens is 2. The minimum absolute atomic E-state index is 0.436. The molecule has 1 aliphatic rings. The lowest BCUT2D eigenvalue weighted by Gasteiger charge is -2.34.